The molecule has 0 spiro atoms. The van der Waals surface area contributed by atoms with Crippen LogP contribution in [0, 0.1) is 0 Å². The van der Waals surface area contributed by atoms with Gasteiger partial charge in [-0.25, -0.2) is 9.78 Å². The van der Waals surface area contributed by atoms with Crippen LogP contribution in [0.15, 0.2) is 44.7 Å². The maximum atomic E-state index is 12.9. The summed E-state index contributed by atoms with van der Waals surface area (Å²) in [4.78, 5) is 50.5. The fraction of sp³-hybridized carbons (Fsp3) is 0.286. The third kappa shape index (κ3) is 3.02. The number of rotatable bonds is 2. The molecule has 4 aromatic heterocycles. The van der Waals surface area contributed by atoms with Gasteiger partial charge in [-0.1, -0.05) is 0 Å². The zero-order valence-corrected chi connectivity index (χ0v) is 17.1. The zero-order valence-electron chi connectivity index (χ0n) is 16.3. The molecule has 1 N–H and O–H groups in total. The average molecular weight is 421 g/mol. The van der Waals surface area contributed by atoms with Gasteiger partial charge in [0.05, 0.1) is 22.1 Å². The number of hydrogen-bond donors (Lipinski definition) is 1. The standard InChI is InChI=1S/C21H19N5O3S/c1-12(27)25-7-4-14(5-8-25)26-19-15(20(28)24-21(26)29)10-22-17-3-2-16(23-18(17)19)13-6-9-30-11-13/h2-3,6,9-11,14H,4-5,7-8H2,1H3,(H,24,28,29). The van der Waals surface area contributed by atoms with Gasteiger partial charge in [0.15, 0.2) is 0 Å². The minimum Gasteiger partial charge on any atom is -0.343 e. The highest BCUT2D eigenvalue weighted by molar-refractivity contribution is 7.08. The molecule has 0 saturated carbocycles. The lowest BCUT2D eigenvalue weighted by Crippen LogP contribution is -2.41. The van der Waals surface area contributed by atoms with Crippen LogP contribution in [0.3, 0.4) is 0 Å². The number of hydrogen-bond acceptors (Lipinski definition) is 6. The van der Waals surface area contributed by atoms with E-state index in [9.17, 15) is 14.4 Å². The van der Waals surface area contributed by atoms with Crippen LogP contribution >= 0.6 is 11.3 Å². The Labute approximate surface area is 174 Å². The molecule has 1 saturated heterocycles. The lowest BCUT2D eigenvalue weighted by Gasteiger charge is -2.32. The molecule has 9 heteroatoms. The van der Waals surface area contributed by atoms with E-state index in [2.05, 4.69) is 9.97 Å². The van der Waals surface area contributed by atoms with Gasteiger partial charge in [0.25, 0.3) is 5.56 Å². The van der Waals surface area contributed by atoms with Crippen molar-refractivity contribution in [2.75, 3.05) is 13.1 Å². The van der Waals surface area contributed by atoms with E-state index >= 15 is 0 Å². The van der Waals surface area contributed by atoms with Crippen LogP contribution in [0.4, 0.5) is 0 Å². The first-order chi connectivity index (χ1) is 14.5. The summed E-state index contributed by atoms with van der Waals surface area (Å²) in [6.07, 6.45) is 2.77. The molecule has 30 heavy (non-hydrogen) atoms. The SMILES string of the molecule is CC(=O)N1CCC(n2c(=O)[nH]c(=O)c3cnc4ccc(-c5ccsc5)nc4c32)CC1. The number of amides is 1. The molecule has 1 amide bonds. The molecule has 1 aliphatic heterocycles. The summed E-state index contributed by atoms with van der Waals surface area (Å²) in [5.74, 6) is 0.0313. The second-order valence-corrected chi connectivity index (χ2v) is 8.24. The molecule has 1 fully saturated rings. The maximum absolute atomic E-state index is 12.9. The molecule has 5 rings (SSSR count). The molecule has 8 nitrogen and oxygen atoms in total. The summed E-state index contributed by atoms with van der Waals surface area (Å²) in [7, 11) is 0. The summed E-state index contributed by atoms with van der Waals surface area (Å²) in [6, 6.07) is 5.60. The predicted molar refractivity (Wildman–Crippen MR) is 116 cm³/mol. The fourth-order valence-electron chi connectivity index (χ4n) is 4.15. The van der Waals surface area contributed by atoms with Crippen molar-refractivity contribution in [1.82, 2.24) is 24.4 Å². The Kier molecular flexibility index (Phi) is 4.47. The van der Waals surface area contributed by atoms with E-state index in [0.717, 1.165) is 11.3 Å². The van der Waals surface area contributed by atoms with E-state index in [-0.39, 0.29) is 11.9 Å². The third-order valence-corrected chi connectivity index (χ3v) is 6.39. The molecule has 0 aromatic carbocycles. The van der Waals surface area contributed by atoms with Gasteiger partial charge in [0.2, 0.25) is 5.91 Å². The van der Waals surface area contributed by atoms with Crippen molar-refractivity contribution in [2.24, 2.45) is 0 Å². The van der Waals surface area contributed by atoms with Crippen LogP contribution in [0.25, 0.3) is 33.2 Å². The van der Waals surface area contributed by atoms with Gasteiger partial charge in [-0.3, -0.25) is 24.1 Å². The molecule has 0 unspecified atom stereocenters. The monoisotopic (exact) mass is 421 g/mol. The maximum Gasteiger partial charge on any atom is 0.329 e. The van der Waals surface area contributed by atoms with Crippen LogP contribution in [-0.2, 0) is 4.79 Å². The highest BCUT2D eigenvalue weighted by atomic mass is 32.1. The van der Waals surface area contributed by atoms with Crippen LogP contribution in [0.5, 0.6) is 0 Å². The smallest absolute Gasteiger partial charge is 0.329 e. The molecule has 4 aromatic rings. The Morgan fingerprint density at radius 2 is 2.00 bits per heavy atom. The fourth-order valence-corrected chi connectivity index (χ4v) is 4.80. The molecule has 152 valence electrons. The van der Waals surface area contributed by atoms with E-state index < -0.39 is 11.2 Å². The molecule has 0 bridgehead atoms. The Morgan fingerprint density at radius 3 is 2.70 bits per heavy atom. The molecular formula is C21H19N5O3S. The second-order valence-electron chi connectivity index (χ2n) is 7.46. The van der Waals surface area contributed by atoms with E-state index in [1.54, 1.807) is 27.7 Å². The number of fused-ring (bicyclic) bond motifs is 3. The summed E-state index contributed by atoms with van der Waals surface area (Å²) >= 11 is 1.58. The lowest BCUT2D eigenvalue weighted by molar-refractivity contribution is -0.130. The topological polar surface area (TPSA) is 101 Å². The van der Waals surface area contributed by atoms with Crippen LogP contribution in [0.1, 0.15) is 25.8 Å². The van der Waals surface area contributed by atoms with Crippen molar-refractivity contribution in [3.8, 4) is 11.3 Å². The summed E-state index contributed by atoms with van der Waals surface area (Å²) in [6.45, 7) is 2.70. The molecule has 0 radical (unpaired) electrons. The van der Waals surface area contributed by atoms with E-state index in [1.165, 1.54) is 6.20 Å². The van der Waals surface area contributed by atoms with Crippen molar-refractivity contribution in [3.63, 3.8) is 0 Å². The molecule has 0 aliphatic carbocycles. The Morgan fingerprint density at radius 1 is 1.20 bits per heavy atom. The highest BCUT2D eigenvalue weighted by Gasteiger charge is 2.26. The molecule has 5 heterocycles. The number of thiophene rings is 1. The molecule has 0 atom stereocenters. The number of H-pyrrole nitrogens is 1. The van der Waals surface area contributed by atoms with Crippen LogP contribution in [-0.4, -0.2) is 43.4 Å². The number of piperidine rings is 1. The Balaban J connectivity index is 1.75. The number of carbonyl (C=O) groups is 1. The quantitative estimate of drug-likeness (QED) is 0.501. The molecule has 1 aliphatic rings. The summed E-state index contributed by atoms with van der Waals surface area (Å²) in [5, 5.41) is 4.32. The number of carbonyl (C=O) groups excluding carboxylic acids is 1. The van der Waals surface area contributed by atoms with Gasteiger partial charge >= 0.3 is 5.69 Å². The first kappa shape index (κ1) is 18.7. The lowest BCUT2D eigenvalue weighted by atomic mass is 10.0. The van der Waals surface area contributed by atoms with Gasteiger partial charge in [0, 0.05) is 43.2 Å². The van der Waals surface area contributed by atoms with Crippen molar-refractivity contribution in [3.05, 3.63) is 56.0 Å². The predicted octanol–water partition coefficient (Wildman–Crippen LogP) is 2.54. The first-order valence-electron chi connectivity index (χ1n) is 9.75. The number of aromatic amines is 1. The summed E-state index contributed by atoms with van der Waals surface area (Å²) in [5.41, 5.74) is 2.49. The number of pyridine rings is 2. The number of nitrogens with zero attached hydrogens (tertiary/aromatic N) is 4. The average Bonchev–Trinajstić information content (AvgIpc) is 3.28. The normalized spacial score (nSPS) is 15.2. The Bertz CT molecular complexity index is 1380. The van der Waals surface area contributed by atoms with Gasteiger partial charge in [-0.15, -0.1) is 0 Å². The largest absolute Gasteiger partial charge is 0.343 e. The van der Waals surface area contributed by atoms with Gasteiger partial charge in [-0.2, -0.15) is 11.3 Å². The van der Waals surface area contributed by atoms with Gasteiger partial charge in [0.1, 0.15) is 5.52 Å². The van der Waals surface area contributed by atoms with Crippen LogP contribution in [0.2, 0.25) is 0 Å². The number of aromatic nitrogens is 4. The second kappa shape index (κ2) is 7.17. The van der Waals surface area contributed by atoms with Crippen molar-refractivity contribution in [1.29, 1.82) is 0 Å². The number of likely N-dealkylation sites (tertiary alicyclic amines) is 1. The van der Waals surface area contributed by atoms with Gasteiger partial charge in [-0.05, 0) is 36.4 Å². The van der Waals surface area contributed by atoms with Gasteiger partial charge < -0.3 is 4.90 Å². The van der Waals surface area contributed by atoms with E-state index in [4.69, 9.17) is 4.98 Å². The zero-order chi connectivity index (χ0) is 20.8. The highest BCUT2D eigenvalue weighted by Crippen LogP contribution is 2.29. The van der Waals surface area contributed by atoms with E-state index in [0.29, 0.717) is 47.9 Å². The summed E-state index contributed by atoms with van der Waals surface area (Å²) < 4.78 is 1.64. The van der Waals surface area contributed by atoms with Crippen molar-refractivity contribution >= 4 is 39.2 Å². The first-order valence-corrected chi connectivity index (χ1v) is 10.7. The minimum atomic E-state index is -0.468. The van der Waals surface area contributed by atoms with Crippen LogP contribution < -0.4 is 11.2 Å². The molecular weight excluding hydrogens is 402 g/mol. The third-order valence-electron chi connectivity index (χ3n) is 5.70. The minimum absolute atomic E-state index is 0.0313. The number of nitrogens with one attached hydrogen (secondary N) is 1. The van der Waals surface area contributed by atoms with E-state index in [1.807, 2.05) is 29.0 Å². The van der Waals surface area contributed by atoms with Crippen molar-refractivity contribution in [2.45, 2.75) is 25.8 Å². The Hall–Kier alpha value is -3.33. The van der Waals surface area contributed by atoms with Crippen molar-refractivity contribution < 1.29 is 4.79 Å².